The fraction of sp³-hybridized carbons (Fsp3) is 0.238. The summed E-state index contributed by atoms with van der Waals surface area (Å²) in [6.45, 7) is 1.05. The van der Waals surface area contributed by atoms with Gasteiger partial charge in [0.25, 0.3) is 5.91 Å². The Morgan fingerprint density at radius 1 is 1.00 bits per heavy atom. The highest BCUT2D eigenvalue weighted by Crippen LogP contribution is 2.27. The first-order valence-corrected chi connectivity index (χ1v) is 9.04. The highest BCUT2D eigenvalue weighted by molar-refractivity contribution is 6.33. The molecule has 0 aromatic heterocycles. The molecule has 3 rings (SSSR count). The van der Waals surface area contributed by atoms with E-state index in [2.05, 4.69) is 0 Å². The maximum Gasteiger partial charge on any atom is 0.254 e. The molecule has 26 heavy (non-hydrogen) atoms. The van der Waals surface area contributed by atoms with Crippen LogP contribution in [0, 0.1) is 5.92 Å². The number of carbonyl (C=O) groups excluding carboxylic acids is 2. The van der Waals surface area contributed by atoms with Crippen LogP contribution < -0.4 is 5.73 Å². The molecule has 0 aliphatic carbocycles. The molecule has 0 atom stereocenters. The fourth-order valence-electron chi connectivity index (χ4n) is 3.17. The van der Waals surface area contributed by atoms with Gasteiger partial charge in [-0.25, -0.2) is 0 Å². The Labute approximate surface area is 158 Å². The minimum atomic E-state index is -0.285. The molecule has 1 aliphatic rings. The highest BCUT2D eigenvalue weighted by Gasteiger charge is 2.27. The third kappa shape index (κ3) is 4.14. The van der Waals surface area contributed by atoms with Crippen molar-refractivity contribution in [2.45, 2.75) is 12.8 Å². The largest absolute Gasteiger partial charge is 0.369 e. The number of hydrogen-bond acceptors (Lipinski definition) is 2. The standard InChI is InChI=1S/C21H21ClN2O2/c22-19-9-5-4-8-17(19)14-18(15-6-2-1-3-7-15)21(26)24-12-10-16(11-13-24)20(23)25/h1-9,14,16H,10-13H2,(H2,23,25)/b18-14-. The number of piperidine rings is 1. The van der Waals surface area contributed by atoms with Gasteiger partial charge in [0.05, 0.1) is 0 Å². The lowest BCUT2D eigenvalue weighted by Crippen LogP contribution is -2.42. The first-order chi connectivity index (χ1) is 12.6. The van der Waals surface area contributed by atoms with Crippen molar-refractivity contribution in [3.63, 3.8) is 0 Å². The van der Waals surface area contributed by atoms with Crippen molar-refractivity contribution in [1.82, 2.24) is 4.90 Å². The molecule has 5 heteroatoms. The molecule has 134 valence electrons. The highest BCUT2D eigenvalue weighted by atomic mass is 35.5. The van der Waals surface area contributed by atoms with Crippen LogP contribution in [0.4, 0.5) is 0 Å². The van der Waals surface area contributed by atoms with Crippen molar-refractivity contribution in [2.24, 2.45) is 11.7 Å². The summed E-state index contributed by atoms with van der Waals surface area (Å²) in [6, 6.07) is 17.0. The van der Waals surface area contributed by atoms with E-state index in [9.17, 15) is 9.59 Å². The van der Waals surface area contributed by atoms with E-state index in [1.165, 1.54) is 0 Å². The number of nitrogens with two attached hydrogens (primary N) is 1. The van der Waals surface area contributed by atoms with Crippen LogP contribution in [0.2, 0.25) is 5.02 Å². The number of rotatable bonds is 4. The van der Waals surface area contributed by atoms with Crippen LogP contribution in [0.5, 0.6) is 0 Å². The van der Waals surface area contributed by atoms with Gasteiger partial charge in [-0.15, -0.1) is 0 Å². The summed E-state index contributed by atoms with van der Waals surface area (Å²) in [5.41, 5.74) is 7.63. The molecule has 1 fully saturated rings. The third-order valence-electron chi connectivity index (χ3n) is 4.70. The number of benzene rings is 2. The normalized spacial score (nSPS) is 15.7. The molecule has 2 aromatic rings. The molecule has 0 bridgehead atoms. The summed E-state index contributed by atoms with van der Waals surface area (Å²) < 4.78 is 0. The van der Waals surface area contributed by atoms with E-state index in [1.807, 2.05) is 54.6 Å². The van der Waals surface area contributed by atoms with E-state index >= 15 is 0 Å². The SMILES string of the molecule is NC(=O)C1CCN(C(=O)/C(=C\c2ccccc2Cl)c2ccccc2)CC1. The summed E-state index contributed by atoms with van der Waals surface area (Å²) in [6.07, 6.45) is 3.05. The van der Waals surface area contributed by atoms with Crippen molar-refractivity contribution in [2.75, 3.05) is 13.1 Å². The number of primary amides is 1. The van der Waals surface area contributed by atoms with Crippen LogP contribution in [-0.2, 0) is 9.59 Å². The number of halogens is 1. The maximum absolute atomic E-state index is 13.2. The fourth-order valence-corrected chi connectivity index (χ4v) is 3.36. The minimum absolute atomic E-state index is 0.0564. The van der Waals surface area contributed by atoms with Gasteiger partial charge in [-0.3, -0.25) is 9.59 Å². The van der Waals surface area contributed by atoms with E-state index in [1.54, 1.807) is 11.0 Å². The summed E-state index contributed by atoms with van der Waals surface area (Å²) in [4.78, 5) is 26.3. The van der Waals surface area contributed by atoms with Gasteiger partial charge < -0.3 is 10.6 Å². The molecule has 0 spiro atoms. The Bertz CT molecular complexity index is 825. The van der Waals surface area contributed by atoms with E-state index in [4.69, 9.17) is 17.3 Å². The molecule has 0 unspecified atom stereocenters. The van der Waals surface area contributed by atoms with Crippen LogP contribution in [0.1, 0.15) is 24.0 Å². The van der Waals surface area contributed by atoms with Crippen molar-refractivity contribution in [3.8, 4) is 0 Å². The van der Waals surface area contributed by atoms with Gasteiger partial charge in [-0.1, -0.05) is 60.1 Å². The van der Waals surface area contributed by atoms with Crippen molar-refractivity contribution in [1.29, 1.82) is 0 Å². The van der Waals surface area contributed by atoms with Crippen LogP contribution in [0.25, 0.3) is 11.6 Å². The smallest absolute Gasteiger partial charge is 0.254 e. The first kappa shape index (κ1) is 18.2. The third-order valence-corrected chi connectivity index (χ3v) is 5.05. The number of amides is 2. The lowest BCUT2D eigenvalue weighted by Gasteiger charge is -2.31. The van der Waals surface area contributed by atoms with Gasteiger partial charge in [0, 0.05) is 29.6 Å². The molecule has 0 saturated carbocycles. The number of hydrogen-bond donors (Lipinski definition) is 1. The van der Waals surface area contributed by atoms with Gasteiger partial charge in [0.2, 0.25) is 5.91 Å². The van der Waals surface area contributed by atoms with Crippen molar-refractivity contribution in [3.05, 3.63) is 70.7 Å². The van der Waals surface area contributed by atoms with E-state index in [0.29, 0.717) is 36.5 Å². The topological polar surface area (TPSA) is 63.4 Å². The number of carbonyl (C=O) groups is 2. The molecule has 1 aliphatic heterocycles. The average molecular weight is 369 g/mol. The zero-order chi connectivity index (χ0) is 18.5. The zero-order valence-electron chi connectivity index (χ0n) is 14.4. The molecule has 2 amide bonds. The van der Waals surface area contributed by atoms with Gasteiger partial charge in [0.1, 0.15) is 0 Å². The van der Waals surface area contributed by atoms with Crippen LogP contribution >= 0.6 is 11.6 Å². The molecule has 2 N–H and O–H groups in total. The Hall–Kier alpha value is -2.59. The van der Waals surface area contributed by atoms with E-state index in [-0.39, 0.29) is 17.7 Å². The second-order valence-corrected chi connectivity index (χ2v) is 6.82. The number of likely N-dealkylation sites (tertiary alicyclic amines) is 1. The minimum Gasteiger partial charge on any atom is -0.369 e. The lowest BCUT2D eigenvalue weighted by molar-refractivity contribution is -0.130. The van der Waals surface area contributed by atoms with Crippen LogP contribution in [-0.4, -0.2) is 29.8 Å². The molecule has 1 saturated heterocycles. The van der Waals surface area contributed by atoms with Gasteiger partial charge >= 0.3 is 0 Å². The quantitative estimate of drug-likeness (QED) is 0.662. The van der Waals surface area contributed by atoms with Crippen LogP contribution in [0.15, 0.2) is 54.6 Å². The molecule has 1 heterocycles. The average Bonchev–Trinajstić information content (AvgIpc) is 2.67. The first-order valence-electron chi connectivity index (χ1n) is 8.66. The molecule has 4 nitrogen and oxygen atoms in total. The monoisotopic (exact) mass is 368 g/mol. The lowest BCUT2D eigenvalue weighted by atomic mass is 9.94. The Kier molecular flexibility index (Phi) is 5.74. The van der Waals surface area contributed by atoms with Gasteiger partial charge in [0.15, 0.2) is 0 Å². The molecular weight excluding hydrogens is 348 g/mol. The van der Waals surface area contributed by atoms with Crippen molar-refractivity contribution < 1.29 is 9.59 Å². The van der Waals surface area contributed by atoms with Crippen LogP contribution in [0.3, 0.4) is 0 Å². The molecule has 0 radical (unpaired) electrons. The summed E-state index contributed by atoms with van der Waals surface area (Å²) in [5, 5.41) is 0.598. The molecule has 2 aromatic carbocycles. The Balaban J connectivity index is 1.91. The van der Waals surface area contributed by atoms with Gasteiger partial charge in [-0.2, -0.15) is 0 Å². The zero-order valence-corrected chi connectivity index (χ0v) is 15.2. The van der Waals surface area contributed by atoms with Crippen molar-refractivity contribution >= 4 is 35.1 Å². The maximum atomic E-state index is 13.2. The molecular formula is C21H21ClN2O2. The second kappa shape index (κ2) is 8.19. The Morgan fingerprint density at radius 3 is 2.23 bits per heavy atom. The van der Waals surface area contributed by atoms with E-state index in [0.717, 1.165) is 11.1 Å². The van der Waals surface area contributed by atoms with Gasteiger partial charge in [-0.05, 0) is 36.1 Å². The number of nitrogens with zero attached hydrogens (tertiary/aromatic N) is 1. The summed E-state index contributed by atoms with van der Waals surface area (Å²) in [5.74, 6) is -0.488. The second-order valence-electron chi connectivity index (χ2n) is 6.41. The summed E-state index contributed by atoms with van der Waals surface area (Å²) >= 11 is 6.28. The Morgan fingerprint density at radius 2 is 1.62 bits per heavy atom. The predicted octanol–water partition coefficient (Wildman–Crippen LogP) is 3.60. The predicted molar refractivity (Wildman–Crippen MR) is 104 cm³/mol. The summed E-state index contributed by atoms with van der Waals surface area (Å²) in [7, 11) is 0. The van der Waals surface area contributed by atoms with E-state index < -0.39 is 0 Å².